The van der Waals surface area contributed by atoms with Gasteiger partial charge in [-0.25, -0.2) is 0 Å². The summed E-state index contributed by atoms with van der Waals surface area (Å²) in [7, 11) is 0. The van der Waals surface area contributed by atoms with Crippen molar-refractivity contribution in [3.63, 3.8) is 0 Å². The first-order valence-electron chi connectivity index (χ1n) is 4.88. The number of rotatable bonds is 1. The van der Waals surface area contributed by atoms with Crippen LogP contribution in [0, 0.1) is 0 Å². The number of hydrogen-bond acceptors (Lipinski definition) is 2. The molecule has 1 aliphatic rings. The zero-order valence-electron chi connectivity index (χ0n) is 7.69. The fourth-order valence-electron chi connectivity index (χ4n) is 1.69. The third kappa shape index (κ3) is 2.14. The Hall–Kier alpha value is -1.18. The molecule has 0 radical (unpaired) electrons. The fourth-order valence-corrected chi connectivity index (χ4v) is 1.69. The van der Waals surface area contributed by atoms with Crippen LogP contribution in [0.2, 0.25) is 0 Å². The summed E-state index contributed by atoms with van der Waals surface area (Å²) in [6.45, 7) is 0. The van der Waals surface area contributed by atoms with E-state index in [2.05, 4.69) is 28.3 Å². The first kappa shape index (κ1) is 8.42. The average Bonchev–Trinajstić information content (AvgIpc) is 2.47. The molecule has 1 aromatic rings. The van der Waals surface area contributed by atoms with E-state index in [9.17, 15) is 0 Å². The second-order valence-corrected chi connectivity index (χ2v) is 3.41. The third-order valence-electron chi connectivity index (χ3n) is 2.44. The molecular weight excluding hydrogens is 160 g/mol. The van der Waals surface area contributed by atoms with Gasteiger partial charge in [-0.2, -0.15) is 0 Å². The zero-order chi connectivity index (χ0) is 8.93. The zero-order valence-corrected chi connectivity index (χ0v) is 7.69. The molecular formula is C11H14N2. The normalized spacial score (nSPS) is 22.6. The number of pyridine rings is 1. The first-order chi connectivity index (χ1) is 6.47. The van der Waals surface area contributed by atoms with Crippen LogP contribution in [0.1, 0.15) is 37.3 Å². The Bertz CT molecular complexity index is 279. The molecule has 0 N–H and O–H groups in total. The summed E-state index contributed by atoms with van der Waals surface area (Å²) in [6.07, 6.45) is 10.6. The molecule has 0 aliphatic carbocycles. The van der Waals surface area contributed by atoms with Crippen LogP contribution in [0.15, 0.2) is 29.5 Å². The second kappa shape index (κ2) is 4.17. The lowest BCUT2D eigenvalue weighted by molar-refractivity contribution is 0.617. The van der Waals surface area contributed by atoms with Crippen molar-refractivity contribution in [3.05, 3.63) is 30.1 Å². The summed E-state index contributed by atoms with van der Waals surface area (Å²) in [5.74, 6) is 0. The minimum Gasteiger partial charge on any atom is -0.289 e. The van der Waals surface area contributed by atoms with E-state index in [1.54, 1.807) is 0 Å². The van der Waals surface area contributed by atoms with Crippen LogP contribution in [0.3, 0.4) is 0 Å². The van der Waals surface area contributed by atoms with Gasteiger partial charge in [-0.1, -0.05) is 6.42 Å². The largest absolute Gasteiger partial charge is 0.289 e. The average molecular weight is 174 g/mol. The van der Waals surface area contributed by atoms with E-state index in [-0.39, 0.29) is 0 Å². The molecule has 2 rings (SSSR count). The molecule has 0 spiro atoms. The van der Waals surface area contributed by atoms with E-state index in [0.29, 0.717) is 6.04 Å². The minimum absolute atomic E-state index is 0.380. The molecule has 1 aliphatic heterocycles. The molecule has 1 atom stereocenters. The molecule has 2 heterocycles. The molecule has 2 nitrogen and oxygen atoms in total. The molecule has 0 aromatic carbocycles. The highest BCUT2D eigenvalue weighted by atomic mass is 14.8. The second-order valence-electron chi connectivity index (χ2n) is 3.41. The summed E-state index contributed by atoms with van der Waals surface area (Å²) in [6, 6.07) is 4.51. The molecule has 0 saturated carbocycles. The quantitative estimate of drug-likeness (QED) is 0.642. The summed E-state index contributed by atoms with van der Waals surface area (Å²) in [5, 5.41) is 0. The molecule has 1 aromatic heterocycles. The van der Waals surface area contributed by atoms with Crippen molar-refractivity contribution in [1.29, 1.82) is 0 Å². The van der Waals surface area contributed by atoms with Crippen LogP contribution in [0.4, 0.5) is 0 Å². The van der Waals surface area contributed by atoms with Crippen LogP contribution in [-0.4, -0.2) is 11.2 Å². The van der Waals surface area contributed by atoms with Gasteiger partial charge in [0.2, 0.25) is 0 Å². The lowest BCUT2D eigenvalue weighted by Crippen LogP contribution is -1.94. The smallest absolute Gasteiger partial charge is 0.0746 e. The fraction of sp³-hybridized carbons (Fsp3) is 0.455. The summed E-state index contributed by atoms with van der Waals surface area (Å²) < 4.78 is 0. The molecule has 0 amide bonds. The van der Waals surface area contributed by atoms with Crippen molar-refractivity contribution in [2.45, 2.75) is 31.7 Å². The van der Waals surface area contributed by atoms with Gasteiger partial charge in [-0.15, -0.1) is 0 Å². The van der Waals surface area contributed by atoms with E-state index in [4.69, 9.17) is 0 Å². The van der Waals surface area contributed by atoms with E-state index in [1.165, 1.54) is 24.8 Å². The Morgan fingerprint density at radius 3 is 2.85 bits per heavy atom. The van der Waals surface area contributed by atoms with Gasteiger partial charge < -0.3 is 0 Å². The number of aliphatic imine (C=N–C) groups is 1. The van der Waals surface area contributed by atoms with Crippen LogP contribution in [0.25, 0.3) is 0 Å². The molecule has 0 saturated heterocycles. The van der Waals surface area contributed by atoms with E-state index >= 15 is 0 Å². The van der Waals surface area contributed by atoms with Crippen molar-refractivity contribution in [2.75, 3.05) is 0 Å². The van der Waals surface area contributed by atoms with Crippen molar-refractivity contribution in [1.82, 2.24) is 4.98 Å². The highest BCUT2D eigenvalue weighted by Crippen LogP contribution is 2.24. The summed E-state index contributed by atoms with van der Waals surface area (Å²) in [5.41, 5.74) is 1.30. The van der Waals surface area contributed by atoms with E-state index in [0.717, 1.165) is 6.42 Å². The third-order valence-corrected chi connectivity index (χ3v) is 2.44. The van der Waals surface area contributed by atoms with E-state index in [1.807, 2.05) is 12.4 Å². The number of aromatic nitrogens is 1. The predicted molar refractivity (Wildman–Crippen MR) is 53.9 cm³/mol. The standard InChI is InChI=1S/C11H14N2/c1-2-4-11(13-7-3-1)10-5-8-12-9-6-10/h5-9,11H,1-4H2. The lowest BCUT2D eigenvalue weighted by Gasteiger charge is -2.09. The molecule has 68 valence electrons. The Balaban J connectivity index is 2.15. The molecule has 13 heavy (non-hydrogen) atoms. The first-order valence-corrected chi connectivity index (χ1v) is 4.88. The number of nitrogens with zero attached hydrogens (tertiary/aromatic N) is 2. The number of hydrogen-bond donors (Lipinski definition) is 0. The summed E-state index contributed by atoms with van der Waals surface area (Å²) in [4.78, 5) is 8.55. The van der Waals surface area contributed by atoms with Crippen molar-refractivity contribution < 1.29 is 0 Å². The van der Waals surface area contributed by atoms with Gasteiger partial charge in [0, 0.05) is 12.4 Å². The van der Waals surface area contributed by atoms with Gasteiger partial charge in [-0.3, -0.25) is 9.98 Å². The molecule has 2 heteroatoms. The van der Waals surface area contributed by atoms with Gasteiger partial charge in [0.1, 0.15) is 0 Å². The predicted octanol–water partition coefficient (Wildman–Crippen LogP) is 2.77. The Labute approximate surface area is 78.7 Å². The Morgan fingerprint density at radius 2 is 2.00 bits per heavy atom. The van der Waals surface area contributed by atoms with Gasteiger partial charge in [0.25, 0.3) is 0 Å². The Morgan fingerprint density at radius 1 is 1.15 bits per heavy atom. The van der Waals surface area contributed by atoms with Crippen LogP contribution in [0.5, 0.6) is 0 Å². The van der Waals surface area contributed by atoms with Crippen LogP contribution < -0.4 is 0 Å². The minimum atomic E-state index is 0.380. The van der Waals surface area contributed by atoms with Crippen LogP contribution >= 0.6 is 0 Å². The van der Waals surface area contributed by atoms with Gasteiger partial charge in [-0.05, 0) is 43.2 Å². The van der Waals surface area contributed by atoms with Crippen molar-refractivity contribution in [2.24, 2.45) is 4.99 Å². The molecule has 0 fully saturated rings. The monoisotopic (exact) mass is 174 g/mol. The summed E-state index contributed by atoms with van der Waals surface area (Å²) >= 11 is 0. The molecule has 0 bridgehead atoms. The van der Waals surface area contributed by atoms with Gasteiger partial charge in [0.15, 0.2) is 0 Å². The van der Waals surface area contributed by atoms with Crippen LogP contribution in [-0.2, 0) is 0 Å². The molecule has 1 unspecified atom stereocenters. The topological polar surface area (TPSA) is 25.2 Å². The Kier molecular flexibility index (Phi) is 2.70. The maximum Gasteiger partial charge on any atom is 0.0746 e. The highest BCUT2D eigenvalue weighted by molar-refractivity contribution is 5.58. The maximum absolute atomic E-state index is 4.54. The van der Waals surface area contributed by atoms with Crippen molar-refractivity contribution in [3.8, 4) is 0 Å². The SMILES string of the molecule is C1=NC(c2ccncc2)CCCC1. The lowest BCUT2D eigenvalue weighted by atomic mass is 10.0. The van der Waals surface area contributed by atoms with Gasteiger partial charge >= 0.3 is 0 Å². The maximum atomic E-state index is 4.54. The van der Waals surface area contributed by atoms with Crippen molar-refractivity contribution >= 4 is 6.21 Å². The van der Waals surface area contributed by atoms with E-state index < -0.39 is 0 Å². The van der Waals surface area contributed by atoms with Gasteiger partial charge in [0.05, 0.1) is 6.04 Å². The highest BCUT2D eigenvalue weighted by Gasteiger charge is 2.10.